The highest BCUT2D eigenvalue weighted by atomic mass is 35.5. The predicted octanol–water partition coefficient (Wildman–Crippen LogP) is 2.02. The van der Waals surface area contributed by atoms with Gasteiger partial charge >= 0.3 is 6.03 Å². The lowest BCUT2D eigenvalue weighted by Gasteiger charge is -2.30. The average molecular weight is 379 g/mol. The first-order valence-electron chi connectivity index (χ1n) is 8.61. The molecular formula is C17H23ClN6O2. The average Bonchev–Trinajstić information content (AvgIpc) is 3.28. The van der Waals surface area contributed by atoms with Gasteiger partial charge in [0.2, 0.25) is 0 Å². The van der Waals surface area contributed by atoms with Gasteiger partial charge in [-0.15, -0.1) is 12.4 Å². The Bertz CT molecular complexity index is 763. The van der Waals surface area contributed by atoms with Crippen molar-refractivity contribution in [3.63, 3.8) is 0 Å². The number of amides is 2. The Hall–Kier alpha value is -2.16. The minimum absolute atomic E-state index is 0. The molecule has 4 rings (SSSR count). The summed E-state index contributed by atoms with van der Waals surface area (Å²) in [6, 6.07) is 7.68. The number of urea groups is 1. The topological polar surface area (TPSA) is 95.3 Å². The number of aromatic nitrogens is 2. The lowest BCUT2D eigenvalue weighted by Crippen LogP contribution is -2.44. The number of anilines is 1. The molecule has 0 radical (unpaired) electrons. The van der Waals surface area contributed by atoms with Crippen LogP contribution in [0.15, 0.2) is 28.8 Å². The number of nitrogens with zero attached hydrogens (tertiary/aromatic N) is 3. The zero-order valence-corrected chi connectivity index (χ0v) is 15.4. The number of piperazine rings is 1. The summed E-state index contributed by atoms with van der Waals surface area (Å²) in [7, 11) is 2.06. The first-order chi connectivity index (χ1) is 12.2. The molecule has 1 atom stereocenters. The van der Waals surface area contributed by atoms with Crippen LogP contribution in [0.4, 0.5) is 10.5 Å². The molecule has 2 amide bonds. The summed E-state index contributed by atoms with van der Waals surface area (Å²) in [5.74, 6) is 1.13. The number of halogens is 1. The van der Waals surface area contributed by atoms with E-state index >= 15 is 0 Å². The molecule has 2 aliphatic rings. The van der Waals surface area contributed by atoms with Gasteiger partial charge in [-0.1, -0.05) is 11.2 Å². The van der Waals surface area contributed by atoms with Crippen LogP contribution in [0.5, 0.6) is 0 Å². The van der Waals surface area contributed by atoms with E-state index in [1.165, 1.54) is 0 Å². The molecule has 3 N–H and O–H groups in total. The van der Waals surface area contributed by atoms with Gasteiger partial charge in [0.05, 0.1) is 6.04 Å². The number of carbonyl (C=O) groups excluding carboxylic acids is 1. The Morgan fingerprint density at radius 1 is 1.38 bits per heavy atom. The van der Waals surface area contributed by atoms with Crippen molar-refractivity contribution in [3.8, 4) is 11.5 Å². The van der Waals surface area contributed by atoms with Gasteiger partial charge in [-0.25, -0.2) is 4.79 Å². The molecule has 0 bridgehead atoms. The number of carbonyl (C=O) groups is 1. The van der Waals surface area contributed by atoms with Crippen molar-refractivity contribution >= 4 is 24.1 Å². The van der Waals surface area contributed by atoms with Gasteiger partial charge in [0.15, 0.2) is 5.82 Å². The second-order valence-corrected chi connectivity index (χ2v) is 6.61. The third-order valence-electron chi connectivity index (χ3n) is 4.53. The molecule has 8 nitrogen and oxygen atoms in total. The monoisotopic (exact) mass is 378 g/mol. The van der Waals surface area contributed by atoms with E-state index in [2.05, 4.69) is 38.0 Å². The maximum absolute atomic E-state index is 11.9. The summed E-state index contributed by atoms with van der Waals surface area (Å²) in [5.41, 5.74) is 1.49. The molecular weight excluding hydrogens is 356 g/mol. The smallest absolute Gasteiger partial charge is 0.319 e. The third kappa shape index (κ3) is 4.32. The van der Waals surface area contributed by atoms with Crippen molar-refractivity contribution in [2.24, 2.45) is 0 Å². The zero-order chi connectivity index (χ0) is 17.2. The van der Waals surface area contributed by atoms with E-state index in [9.17, 15) is 4.79 Å². The molecule has 140 valence electrons. The summed E-state index contributed by atoms with van der Waals surface area (Å²) in [5, 5.41) is 13.2. The van der Waals surface area contributed by atoms with Gasteiger partial charge in [0.1, 0.15) is 0 Å². The predicted molar refractivity (Wildman–Crippen MR) is 100 cm³/mol. The zero-order valence-electron chi connectivity index (χ0n) is 14.6. The molecule has 1 aliphatic carbocycles. The van der Waals surface area contributed by atoms with Gasteiger partial charge in [0.25, 0.3) is 5.89 Å². The number of benzene rings is 1. The van der Waals surface area contributed by atoms with Crippen molar-refractivity contribution in [3.05, 3.63) is 30.1 Å². The van der Waals surface area contributed by atoms with E-state index in [4.69, 9.17) is 4.52 Å². The van der Waals surface area contributed by atoms with Crippen LogP contribution in [0.3, 0.4) is 0 Å². The first-order valence-corrected chi connectivity index (χ1v) is 8.61. The van der Waals surface area contributed by atoms with Gasteiger partial charge in [-0.2, -0.15) is 4.98 Å². The van der Waals surface area contributed by atoms with Crippen molar-refractivity contribution in [2.45, 2.75) is 24.9 Å². The van der Waals surface area contributed by atoms with E-state index in [1.807, 2.05) is 24.3 Å². The summed E-state index contributed by atoms with van der Waals surface area (Å²) in [4.78, 5) is 18.6. The van der Waals surface area contributed by atoms with E-state index < -0.39 is 0 Å². The maximum Gasteiger partial charge on any atom is 0.319 e. The summed E-state index contributed by atoms with van der Waals surface area (Å²) < 4.78 is 5.44. The molecule has 1 unspecified atom stereocenters. The number of rotatable bonds is 4. The second kappa shape index (κ2) is 8.03. The molecule has 26 heavy (non-hydrogen) atoms. The fraction of sp³-hybridized carbons (Fsp3) is 0.471. The largest absolute Gasteiger partial charge is 0.335 e. The molecule has 1 aromatic carbocycles. The molecule has 2 aromatic rings. The highest BCUT2D eigenvalue weighted by Gasteiger charge is 2.26. The minimum Gasteiger partial charge on any atom is -0.335 e. The van der Waals surface area contributed by atoms with Crippen LogP contribution in [0, 0.1) is 0 Å². The van der Waals surface area contributed by atoms with Crippen LogP contribution in [0.2, 0.25) is 0 Å². The fourth-order valence-corrected chi connectivity index (χ4v) is 2.89. The third-order valence-corrected chi connectivity index (χ3v) is 4.53. The van der Waals surface area contributed by atoms with E-state index in [1.54, 1.807) is 0 Å². The molecule has 1 aliphatic heterocycles. The SMILES string of the molecule is CN1CCNCC1c1noc(-c2cccc(NC(=O)NC3CC3)c2)n1.Cl. The molecule has 0 spiro atoms. The van der Waals surface area contributed by atoms with Crippen LogP contribution in [0.25, 0.3) is 11.5 Å². The highest BCUT2D eigenvalue weighted by Crippen LogP contribution is 2.25. The van der Waals surface area contributed by atoms with Crippen molar-refractivity contribution in [1.29, 1.82) is 0 Å². The van der Waals surface area contributed by atoms with E-state index in [0.29, 0.717) is 23.4 Å². The van der Waals surface area contributed by atoms with Crippen molar-refractivity contribution < 1.29 is 9.32 Å². The van der Waals surface area contributed by atoms with E-state index in [-0.39, 0.29) is 24.5 Å². The molecule has 9 heteroatoms. The molecule has 1 saturated carbocycles. The first kappa shape index (κ1) is 18.6. The number of hydrogen-bond acceptors (Lipinski definition) is 6. The van der Waals surface area contributed by atoms with Crippen LogP contribution in [-0.2, 0) is 0 Å². The number of nitrogens with one attached hydrogen (secondary N) is 3. The van der Waals surface area contributed by atoms with Crippen molar-refractivity contribution in [2.75, 3.05) is 32.0 Å². The molecule has 1 aromatic heterocycles. The minimum atomic E-state index is -0.180. The summed E-state index contributed by atoms with van der Waals surface area (Å²) in [6.45, 7) is 2.72. The lowest BCUT2D eigenvalue weighted by atomic mass is 10.2. The van der Waals surface area contributed by atoms with Crippen LogP contribution in [-0.4, -0.2) is 53.8 Å². The Morgan fingerprint density at radius 2 is 2.23 bits per heavy atom. The normalized spacial score (nSPS) is 20.3. The van der Waals surface area contributed by atoms with Gasteiger partial charge < -0.3 is 20.5 Å². The standard InChI is InChI=1S/C17H22N6O2.ClH/c1-23-8-7-18-10-14(23)15-21-16(25-22-15)11-3-2-4-13(9-11)20-17(24)19-12-5-6-12;/h2-4,9,12,14,18H,5-8,10H2,1H3,(H2,19,20,24);1H. The van der Waals surface area contributed by atoms with Crippen molar-refractivity contribution in [1.82, 2.24) is 25.7 Å². The van der Waals surface area contributed by atoms with Crippen LogP contribution >= 0.6 is 12.4 Å². The molecule has 2 heterocycles. The van der Waals surface area contributed by atoms with Gasteiger partial charge in [-0.3, -0.25) is 4.90 Å². The Kier molecular flexibility index (Phi) is 5.75. The number of likely N-dealkylation sites (N-methyl/N-ethyl adjacent to an activating group) is 1. The summed E-state index contributed by atoms with van der Waals surface area (Å²) >= 11 is 0. The number of hydrogen-bond donors (Lipinski definition) is 3. The second-order valence-electron chi connectivity index (χ2n) is 6.61. The maximum atomic E-state index is 11.9. The summed E-state index contributed by atoms with van der Waals surface area (Å²) in [6.07, 6.45) is 2.12. The van der Waals surface area contributed by atoms with Crippen LogP contribution < -0.4 is 16.0 Å². The quantitative estimate of drug-likeness (QED) is 0.753. The lowest BCUT2D eigenvalue weighted by molar-refractivity contribution is 0.190. The van der Waals surface area contributed by atoms with Crippen LogP contribution in [0.1, 0.15) is 24.7 Å². The molecule has 2 fully saturated rings. The van der Waals surface area contributed by atoms with Gasteiger partial charge in [-0.05, 0) is 38.1 Å². The molecule has 1 saturated heterocycles. The fourth-order valence-electron chi connectivity index (χ4n) is 2.89. The van der Waals surface area contributed by atoms with E-state index in [0.717, 1.165) is 38.0 Å². The Balaban J connectivity index is 0.00000196. The Morgan fingerprint density at radius 3 is 3.00 bits per heavy atom. The highest BCUT2D eigenvalue weighted by molar-refractivity contribution is 5.90. The van der Waals surface area contributed by atoms with Gasteiger partial charge in [0, 0.05) is 36.9 Å². The Labute approximate surface area is 158 Å².